The molecule has 0 aliphatic heterocycles. The molecule has 0 atom stereocenters. The van der Waals surface area contributed by atoms with E-state index in [1.807, 2.05) is 0 Å². The highest BCUT2D eigenvalue weighted by Crippen LogP contribution is 2.15. The van der Waals surface area contributed by atoms with Crippen LogP contribution in [0.4, 0.5) is 11.5 Å². The van der Waals surface area contributed by atoms with E-state index >= 15 is 0 Å². The number of pyridine rings is 1. The van der Waals surface area contributed by atoms with Crippen molar-refractivity contribution < 1.29 is 9.21 Å². The maximum Gasteiger partial charge on any atom is 0.294 e. The average molecular weight is 238 g/mol. The van der Waals surface area contributed by atoms with E-state index in [4.69, 9.17) is 21.8 Å². The van der Waals surface area contributed by atoms with Crippen LogP contribution in [0.15, 0.2) is 35.1 Å². The molecule has 0 spiro atoms. The van der Waals surface area contributed by atoms with Crippen LogP contribution >= 0.6 is 11.6 Å². The molecule has 16 heavy (non-hydrogen) atoms. The van der Waals surface area contributed by atoms with Crippen LogP contribution in [0, 0.1) is 0 Å². The lowest BCUT2D eigenvalue weighted by atomic mass is 10.3. The molecule has 82 valence electrons. The second-order valence-electron chi connectivity index (χ2n) is 3.02. The topological polar surface area (TPSA) is 81.1 Å². The summed E-state index contributed by atoms with van der Waals surface area (Å²) < 4.78 is 4.93. The quantitative estimate of drug-likeness (QED) is 0.839. The molecular weight excluding hydrogens is 230 g/mol. The fraction of sp³-hybridized carbons (Fsp3) is 0. The third-order valence-corrected chi connectivity index (χ3v) is 2.09. The Kier molecular flexibility index (Phi) is 2.78. The highest BCUT2D eigenvalue weighted by atomic mass is 35.5. The Morgan fingerprint density at radius 2 is 2.25 bits per heavy atom. The Labute approximate surface area is 96.2 Å². The van der Waals surface area contributed by atoms with Crippen LogP contribution in [-0.2, 0) is 0 Å². The van der Waals surface area contributed by atoms with Gasteiger partial charge < -0.3 is 15.5 Å². The Bertz CT molecular complexity index is 507. The fourth-order valence-corrected chi connectivity index (χ4v) is 1.24. The van der Waals surface area contributed by atoms with Gasteiger partial charge >= 0.3 is 0 Å². The van der Waals surface area contributed by atoms with Gasteiger partial charge in [0.05, 0.1) is 17.0 Å². The first-order valence-corrected chi connectivity index (χ1v) is 4.80. The van der Waals surface area contributed by atoms with Gasteiger partial charge in [-0.1, -0.05) is 11.6 Å². The first kappa shape index (κ1) is 10.5. The van der Waals surface area contributed by atoms with Crippen LogP contribution in [-0.4, -0.2) is 10.9 Å². The minimum absolute atomic E-state index is 0.0664. The summed E-state index contributed by atoms with van der Waals surface area (Å²) in [5, 5.41) is 3.03. The molecule has 5 nitrogen and oxygen atoms in total. The number of carbonyl (C=O) groups excluding carboxylic acids is 1. The molecule has 0 aliphatic carbocycles. The van der Waals surface area contributed by atoms with Crippen LogP contribution in [0.1, 0.15) is 10.6 Å². The molecule has 0 saturated heterocycles. The second kappa shape index (κ2) is 4.24. The summed E-state index contributed by atoms with van der Waals surface area (Å²) in [4.78, 5) is 15.5. The van der Waals surface area contributed by atoms with Crippen molar-refractivity contribution in [2.45, 2.75) is 0 Å². The van der Waals surface area contributed by atoms with Crippen LogP contribution < -0.4 is 11.1 Å². The van der Waals surface area contributed by atoms with E-state index in [0.717, 1.165) is 0 Å². The van der Waals surface area contributed by atoms with Gasteiger partial charge in [0.2, 0.25) is 5.76 Å². The summed E-state index contributed by atoms with van der Waals surface area (Å²) in [7, 11) is 0. The number of nitrogens with zero attached hydrogens (tertiary/aromatic N) is 1. The molecule has 1 amide bonds. The minimum atomic E-state index is -0.447. The van der Waals surface area contributed by atoms with Gasteiger partial charge in [0, 0.05) is 12.3 Å². The molecule has 2 rings (SSSR count). The molecule has 2 heterocycles. The maximum atomic E-state index is 11.6. The largest absolute Gasteiger partial charge is 0.457 e. The van der Waals surface area contributed by atoms with Gasteiger partial charge in [-0.15, -0.1) is 0 Å². The van der Waals surface area contributed by atoms with Crippen LogP contribution in [0.2, 0.25) is 5.02 Å². The van der Waals surface area contributed by atoms with Crippen molar-refractivity contribution in [3.63, 3.8) is 0 Å². The highest BCUT2D eigenvalue weighted by Gasteiger charge is 2.13. The lowest BCUT2D eigenvalue weighted by molar-refractivity contribution is 0.0997. The average Bonchev–Trinajstić information content (AvgIpc) is 2.68. The molecule has 0 aliphatic rings. The Morgan fingerprint density at radius 1 is 1.44 bits per heavy atom. The molecule has 0 saturated carbocycles. The van der Waals surface area contributed by atoms with Gasteiger partial charge in [-0.3, -0.25) is 4.79 Å². The molecule has 2 aromatic heterocycles. The normalized spacial score (nSPS) is 10.1. The van der Waals surface area contributed by atoms with Crippen LogP contribution in [0.5, 0.6) is 0 Å². The number of nitrogens with one attached hydrogen (secondary N) is 1. The lowest BCUT2D eigenvalue weighted by Gasteiger charge is -2.02. The summed E-state index contributed by atoms with van der Waals surface area (Å²) in [6, 6.07) is 4.71. The number of anilines is 2. The number of nitrogens with two attached hydrogens (primary N) is 1. The fourth-order valence-electron chi connectivity index (χ4n) is 1.13. The van der Waals surface area contributed by atoms with Crippen molar-refractivity contribution in [2.75, 3.05) is 11.1 Å². The summed E-state index contributed by atoms with van der Waals surface area (Å²) >= 11 is 5.66. The summed E-state index contributed by atoms with van der Waals surface area (Å²) in [6.07, 6.45) is 2.78. The molecule has 0 unspecified atom stereocenters. The highest BCUT2D eigenvalue weighted by molar-refractivity contribution is 6.30. The number of aromatic nitrogens is 1. The van der Waals surface area contributed by atoms with E-state index in [1.165, 1.54) is 18.5 Å². The van der Waals surface area contributed by atoms with Gasteiger partial charge in [-0.2, -0.15) is 0 Å². The van der Waals surface area contributed by atoms with Crippen molar-refractivity contribution in [1.29, 1.82) is 0 Å². The van der Waals surface area contributed by atoms with Crippen molar-refractivity contribution in [3.05, 3.63) is 41.4 Å². The molecule has 6 heteroatoms. The number of hydrogen-bond donors (Lipinski definition) is 2. The van der Waals surface area contributed by atoms with Crippen molar-refractivity contribution >= 4 is 29.0 Å². The molecule has 0 aromatic carbocycles. The zero-order valence-electron chi connectivity index (χ0n) is 8.11. The number of carbonyl (C=O) groups is 1. The molecule has 0 radical (unpaired) electrons. The Hall–Kier alpha value is -2.01. The molecular formula is C10H8ClN3O2. The van der Waals surface area contributed by atoms with Crippen LogP contribution in [0.25, 0.3) is 0 Å². The number of rotatable bonds is 2. The van der Waals surface area contributed by atoms with Crippen molar-refractivity contribution in [3.8, 4) is 0 Å². The Morgan fingerprint density at radius 3 is 2.81 bits per heavy atom. The van der Waals surface area contributed by atoms with Gasteiger partial charge in [0.15, 0.2) is 0 Å². The SMILES string of the molecule is Nc1ccoc1C(=O)Nc1ccc(Cl)cn1. The van der Waals surface area contributed by atoms with E-state index in [-0.39, 0.29) is 11.4 Å². The molecule has 2 aromatic rings. The van der Waals surface area contributed by atoms with E-state index in [9.17, 15) is 4.79 Å². The number of halogens is 1. The van der Waals surface area contributed by atoms with E-state index in [2.05, 4.69) is 10.3 Å². The molecule has 0 bridgehead atoms. The third kappa shape index (κ3) is 2.14. The number of hydrogen-bond acceptors (Lipinski definition) is 4. The van der Waals surface area contributed by atoms with Gasteiger partial charge in [0.1, 0.15) is 5.82 Å². The second-order valence-corrected chi connectivity index (χ2v) is 3.46. The lowest BCUT2D eigenvalue weighted by Crippen LogP contribution is -2.13. The zero-order valence-corrected chi connectivity index (χ0v) is 8.86. The van der Waals surface area contributed by atoms with Crippen molar-refractivity contribution in [2.24, 2.45) is 0 Å². The molecule has 3 N–H and O–H groups in total. The minimum Gasteiger partial charge on any atom is -0.457 e. The summed E-state index contributed by atoms with van der Waals surface area (Å²) in [5.74, 6) is -0.000674. The van der Waals surface area contributed by atoms with E-state index in [0.29, 0.717) is 10.8 Å². The predicted octanol–water partition coefficient (Wildman–Crippen LogP) is 2.16. The number of amides is 1. The van der Waals surface area contributed by atoms with Gasteiger partial charge in [0.25, 0.3) is 5.91 Å². The smallest absolute Gasteiger partial charge is 0.294 e. The van der Waals surface area contributed by atoms with Gasteiger partial charge in [-0.05, 0) is 12.1 Å². The van der Waals surface area contributed by atoms with Crippen molar-refractivity contribution in [1.82, 2.24) is 4.98 Å². The first-order valence-electron chi connectivity index (χ1n) is 4.42. The number of nitrogen functional groups attached to an aromatic ring is 1. The van der Waals surface area contributed by atoms with Gasteiger partial charge in [-0.25, -0.2) is 4.98 Å². The zero-order chi connectivity index (χ0) is 11.5. The van der Waals surface area contributed by atoms with E-state index in [1.54, 1.807) is 12.1 Å². The first-order chi connectivity index (χ1) is 7.66. The van der Waals surface area contributed by atoms with Crippen LogP contribution in [0.3, 0.4) is 0 Å². The standard InChI is InChI=1S/C10H8ClN3O2/c11-6-1-2-8(13-5-6)14-10(15)9-7(12)3-4-16-9/h1-5H,12H2,(H,13,14,15). The summed E-state index contributed by atoms with van der Waals surface area (Å²) in [5.41, 5.74) is 5.81. The predicted molar refractivity (Wildman–Crippen MR) is 60.3 cm³/mol. The summed E-state index contributed by atoms with van der Waals surface area (Å²) in [6.45, 7) is 0. The number of furan rings is 1. The third-order valence-electron chi connectivity index (χ3n) is 1.87. The monoisotopic (exact) mass is 237 g/mol. The Balaban J connectivity index is 2.14. The maximum absolute atomic E-state index is 11.6. The van der Waals surface area contributed by atoms with E-state index < -0.39 is 5.91 Å². The molecule has 0 fully saturated rings.